The summed E-state index contributed by atoms with van der Waals surface area (Å²) in [5, 5.41) is 5.75. The fourth-order valence-corrected chi connectivity index (χ4v) is 5.24. The molecule has 0 aliphatic heterocycles. The van der Waals surface area contributed by atoms with E-state index in [0.717, 1.165) is 15.5 Å². The van der Waals surface area contributed by atoms with E-state index < -0.39 is 10.0 Å². The van der Waals surface area contributed by atoms with Crippen molar-refractivity contribution < 1.29 is 8.42 Å². The second-order valence-corrected chi connectivity index (χ2v) is 9.58. The molecule has 0 amide bonds. The molecule has 9 heteroatoms. The number of halogens is 1. The summed E-state index contributed by atoms with van der Waals surface area (Å²) in [5.74, 6) is 0. The van der Waals surface area contributed by atoms with Gasteiger partial charge >= 0.3 is 0 Å². The lowest BCUT2D eigenvalue weighted by Crippen LogP contribution is -2.25. The monoisotopic (exact) mass is 432 g/mol. The van der Waals surface area contributed by atoms with Crippen molar-refractivity contribution in [2.45, 2.75) is 25.3 Å². The fourth-order valence-electron chi connectivity index (χ4n) is 2.99. The Morgan fingerprint density at radius 1 is 1.11 bits per heavy atom. The van der Waals surface area contributed by atoms with Crippen LogP contribution in [0.25, 0.3) is 16.2 Å². The molecule has 2 heterocycles. The molecule has 28 heavy (non-hydrogen) atoms. The summed E-state index contributed by atoms with van der Waals surface area (Å²) in [7, 11) is -3.75. The number of aryl methyl sites for hydroxylation is 1. The van der Waals surface area contributed by atoms with Gasteiger partial charge in [-0.05, 0) is 31.5 Å². The van der Waals surface area contributed by atoms with Crippen molar-refractivity contribution in [3.8, 4) is 11.3 Å². The zero-order chi connectivity index (χ0) is 19.9. The van der Waals surface area contributed by atoms with Crippen molar-refractivity contribution in [2.24, 2.45) is 0 Å². The van der Waals surface area contributed by atoms with Gasteiger partial charge in [-0.25, -0.2) is 22.6 Å². The van der Waals surface area contributed by atoms with Gasteiger partial charge in [0.15, 0.2) is 0 Å². The third kappa shape index (κ3) is 3.44. The molecular weight excluding hydrogens is 416 g/mol. The van der Waals surface area contributed by atoms with E-state index in [1.807, 2.05) is 37.3 Å². The van der Waals surface area contributed by atoms with Crippen molar-refractivity contribution in [3.63, 3.8) is 0 Å². The highest BCUT2D eigenvalue weighted by Gasteiger charge is 2.22. The molecule has 2 aromatic heterocycles. The average molecular weight is 433 g/mol. The van der Waals surface area contributed by atoms with Crippen molar-refractivity contribution in [1.29, 1.82) is 0 Å². The molecule has 4 rings (SSSR count). The Hall–Kier alpha value is -2.26. The number of nitrogens with zero attached hydrogens (tertiary/aromatic N) is 3. The van der Waals surface area contributed by atoms with Gasteiger partial charge in [0.1, 0.15) is 5.01 Å². The lowest BCUT2D eigenvalue weighted by Gasteiger charge is -2.11. The van der Waals surface area contributed by atoms with Crippen LogP contribution in [0.1, 0.15) is 16.3 Å². The maximum absolute atomic E-state index is 12.9. The number of rotatable bonds is 5. The minimum atomic E-state index is -3.75. The third-order valence-electron chi connectivity index (χ3n) is 4.38. The van der Waals surface area contributed by atoms with E-state index in [1.165, 1.54) is 11.3 Å². The first-order chi connectivity index (χ1) is 13.4. The Balaban J connectivity index is 1.74. The Kier molecular flexibility index (Phi) is 4.96. The standard InChI is InChI=1S/C19H17ClN4O2S2/c1-12-15(20)9-6-10-17(12)28(25,26)21-11-16-18(14-7-4-3-5-8-14)22-19-24(16)23-13(2)27-19/h3-10,21H,11H2,1-2H3. The van der Waals surface area contributed by atoms with Crippen LogP contribution in [0, 0.1) is 13.8 Å². The third-order valence-corrected chi connectivity index (χ3v) is 7.16. The van der Waals surface area contributed by atoms with E-state index in [-0.39, 0.29) is 11.4 Å². The molecule has 0 saturated heterocycles. The summed E-state index contributed by atoms with van der Waals surface area (Å²) < 4.78 is 30.1. The largest absolute Gasteiger partial charge is 0.241 e. The first-order valence-electron chi connectivity index (χ1n) is 8.52. The van der Waals surface area contributed by atoms with E-state index in [0.29, 0.717) is 22.0 Å². The summed E-state index contributed by atoms with van der Waals surface area (Å²) in [5.41, 5.74) is 2.83. The van der Waals surface area contributed by atoms with Crippen molar-refractivity contribution in [3.05, 3.63) is 69.8 Å². The Morgan fingerprint density at radius 3 is 2.61 bits per heavy atom. The molecule has 1 N–H and O–H groups in total. The van der Waals surface area contributed by atoms with Gasteiger partial charge < -0.3 is 0 Å². The van der Waals surface area contributed by atoms with Crippen molar-refractivity contribution in [2.75, 3.05) is 0 Å². The molecule has 144 valence electrons. The summed E-state index contributed by atoms with van der Waals surface area (Å²) in [6.07, 6.45) is 0. The second kappa shape index (κ2) is 7.29. The summed E-state index contributed by atoms with van der Waals surface area (Å²) in [6.45, 7) is 3.64. The van der Waals surface area contributed by atoms with Crippen LogP contribution in [-0.2, 0) is 16.6 Å². The zero-order valence-electron chi connectivity index (χ0n) is 15.2. The Bertz CT molecular complexity index is 1260. The van der Waals surface area contributed by atoms with E-state index >= 15 is 0 Å². The van der Waals surface area contributed by atoms with Crippen LogP contribution in [0.15, 0.2) is 53.4 Å². The summed E-state index contributed by atoms with van der Waals surface area (Å²) >= 11 is 7.55. The van der Waals surface area contributed by atoms with Gasteiger partial charge in [0, 0.05) is 10.6 Å². The minimum Gasteiger partial charge on any atom is -0.217 e. The highest BCUT2D eigenvalue weighted by molar-refractivity contribution is 7.89. The number of hydrogen-bond donors (Lipinski definition) is 1. The van der Waals surface area contributed by atoms with E-state index in [1.54, 1.807) is 29.6 Å². The van der Waals surface area contributed by atoms with Crippen molar-refractivity contribution >= 4 is 37.9 Å². The molecule has 0 saturated carbocycles. The lowest BCUT2D eigenvalue weighted by molar-refractivity contribution is 0.579. The molecular formula is C19H17ClN4O2S2. The maximum Gasteiger partial charge on any atom is 0.241 e. The van der Waals surface area contributed by atoms with Gasteiger partial charge in [0.25, 0.3) is 0 Å². The minimum absolute atomic E-state index is 0.0584. The molecule has 0 unspecified atom stereocenters. The molecule has 0 aliphatic rings. The first-order valence-corrected chi connectivity index (χ1v) is 11.2. The Morgan fingerprint density at radius 2 is 1.86 bits per heavy atom. The quantitative estimate of drug-likeness (QED) is 0.512. The van der Waals surface area contributed by atoms with E-state index in [2.05, 4.69) is 14.8 Å². The summed E-state index contributed by atoms with van der Waals surface area (Å²) in [6, 6.07) is 14.5. The molecule has 0 spiro atoms. The number of benzene rings is 2. The molecule has 0 fully saturated rings. The van der Waals surface area contributed by atoms with Crippen molar-refractivity contribution in [1.82, 2.24) is 19.3 Å². The van der Waals surface area contributed by atoms with Crippen LogP contribution in [-0.4, -0.2) is 23.0 Å². The zero-order valence-corrected chi connectivity index (χ0v) is 17.6. The molecule has 2 aromatic carbocycles. The van der Waals surface area contributed by atoms with Crippen LogP contribution >= 0.6 is 22.9 Å². The second-order valence-electron chi connectivity index (χ2n) is 6.28. The molecule has 6 nitrogen and oxygen atoms in total. The van der Waals surface area contributed by atoms with Crippen LogP contribution in [0.2, 0.25) is 5.02 Å². The predicted octanol–water partition coefficient (Wildman–Crippen LogP) is 4.21. The molecule has 0 aliphatic carbocycles. The SMILES string of the molecule is Cc1nn2c(CNS(=O)(=O)c3cccc(Cl)c3C)c(-c3ccccc3)nc2s1. The van der Waals surface area contributed by atoms with Crippen LogP contribution < -0.4 is 4.72 Å². The van der Waals surface area contributed by atoms with E-state index in [4.69, 9.17) is 11.6 Å². The van der Waals surface area contributed by atoms with Gasteiger partial charge in [-0.1, -0.05) is 59.3 Å². The smallest absolute Gasteiger partial charge is 0.217 e. The molecule has 4 aromatic rings. The number of aromatic nitrogens is 3. The van der Waals surface area contributed by atoms with Gasteiger partial charge in [0.2, 0.25) is 15.0 Å². The lowest BCUT2D eigenvalue weighted by atomic mass is 10.1. The van der Waals surface area contributed by atoms with Crippen LogP contribution in [0.5, 0.6) is 0 Å². The molecule has 0 atom stereocenters. The Labute approximate surface area is 171 Å². The number of hydrogen-bond acceptors (Lipinski definition) is 5. The topological polar surface area (TPSA) is 76.4 Å². The predicted molar refractivity (Wildman–Crippen MR) is 111 cm³/mol. The summed E-state index contributed by atoms with van der Waals surface area (Å²) in [4.78, 5) is 5.56. The van der Waals surface area contributed by atoms with Gasteiger partial charge in [-0.15, -0.1) is 0 Å². The molecule has 0 radical (unpaired) electrons. The maximum atomic E-state index is 12.9. The van der Waals surface area contributed by atoms with Gasteiger partial charge in [-0.3, -0.25) is 0 Å². The van der Waals surface area contributed by atoms with Crippen LogP contribution in [0.4, 0.5) is 0 Å². The fraction of sp³-hybridized carbons (Fsp3) is 0.158. The number of fused-ring (bicyclic) bond motifs is 1. The number of sulfonamides is 1. The van der Waals surface area contributed by atoms with Gasteiger partial charge in [0.05, 0.1) is 22.8 Å². The average Bonchev–Trinajstić information content (AvgIpc) is 3.19. The van der Waals surface area contributed by atoms with Crippen LogP contribution in [0.3, 0.4) is 0 Å². The van der Waals surface area contributed by atoms with E-state index in [9.17, 15) is 8.42 Å². The highest BCUT2D eigenvalue weighted by atomic mass is 35.5. The normalized spacial score (nSPS) is 12.0. The highest BCUT2D eigenvalue weighted by Crippen LogP contribution is 2.28. The van der Waals surface area contributed by atoms with Gasteiger partial charge in [-0.2, -0.15) is 5.10 Å². The first kappa shape index (κ1) is 19.1. The molecule has 0 bridgehead atoms. The number of imidazole rings is 1. The number of nitrogens with one attached hydrogen (secondary N) is 1.